The van der Waals surface area contributed by atoms with Gasteiger partial charge in [-0.15, -0.1) is 0 Å². The second-order valence-electron chi connectivity index (χ2n) is 8.39. The average Bonchev–Trinajstić information content (AvgIpc) is 3.43. The molecule has 2 aromatic heterocycles. The van der Waals surface area contributed by atoms with E-state index in [1.165, 1.54) is 0 Å². The molecule has 1 fully saturated rings. The third-order valence-electron chi connectivity index (χ3n) is 6.17. The number of hydrogen-bond acceptors (Lipinski definition) is 6. The molecule has 0 aliphatic carbocycles. The van der Waals surface area contributed by atoms with Gasteiger partial charge in [-0.05, 0) is 37.8 Å². The topological polar surface area (TPSA) is 90.5 Å². The van der Waals surface area contributed by atoms with Crippen molar-refractivity contribution in [1.29, 1.82) is 0 Å². The molecule has 0 saturated carbocycles. The number of benzene rings is 1. The lowest BCUT2D eigenvalue weighted by molar-refractivity contribution is 0.0432. The Morgan fingerprint density at radius 3 is 2.74 bits per heavy atom. The van der Waals surface area contributed by atoms with Gasteiger partial charge in [-0.3, -0.25) is 14.3 Å². The number of piperidine rings is 1. The van der Waals surface area contributed by atoms with E-state index in [4.69, 9.17) is 9.26 Å². The van der Waals surface area contributed by atoms with E-state index >= 15 is 0 Å². The standard InChI is InChI=1S/C23H24N4O4/c1-14-3-4-20-17(9-14)19(28)11-21(30-20)15-5-7-27(8-6-15)23(29)22-10-18(25-31-22)16-12-24-26(2)13-16/h3-4,9-10,12-13,15,21H,5-8,11H2,1-2H3/t21-/m1/s1. The Kier molecular flexibility index (Phi) is 4.84. The summed E-state index contributed by atoms with van der Waals surface area (Å²) in [6.45, 7) is 3.17. The van der Waals surface area contributed by atoms with Gasteiger partial charge in [0, 0.05) is 44.4 Å². The van der Waals surface area contributed by atoms with Crippen molar-refractivity contribution in [2.75, 3.05) is 13.1 Å². The van der Waals surface area contributed by atoms with E-state index in [0.29, 0.717) is 36.5 Å². The van der Waals surface area contributed by atoms with Gasteiger partial charge in [-0.2, -0.15) is 5.10 Å². The van der Waals surface area contributed by atoms with Gasteiger partial charge in [0.1, 0.15) is 17.5 Å². The minimum atomic E-state index is -0.164. The summed E-state index contributed by atoms with van der Waals surface area (Å²) in [6, 6.07) is 7.41. The van der Waals surface area contributed by atoms with Gasteiger partial charge < -0.3 is 14.2 Å². The van der Waals surface area contributed by atoms with Crippen LogP contribution in [0.4, 0.5) is 0 Å². The Labute approximate surface area is 179 Å². The molecule has 2 aliphatic heterocycles. The predicted molar refractivity (Wildman–Crippen MR) is 112 cm³/mol. The lowest BCUT2D eigenvalue weighted by Gasteiger charge is -2.37. The fourth-order valence-electron chi connectivity index (χ4n) is 4.42. The van der Waals surface area contributed by atoms with Gasteiger partial charge in [-0.1, -0.05) is 16.8 Å². The summed E-state index contributed by atoms with van der Waals surface area (Å²) in [7, 11) is 1.82. The maximum atomic E-state index is 12.9. The van der Waals surface area contributed by atoms with Crippen LogP contribution in [0, 0.1) is 12.8 Å². The number of carbonyl (C=O) groups excluding carboxylic acids is 2. The minimum absolute atomic E-state index is 0.137. The molecule has 5 rings (SSSR count). The molecule has 2 aliphatic rings. The zero-order valence-electron chi connectivity index (χ0n) is 17.6. The molecule has 3 aromatic rings. The Balaban J connectivity index is 1.22. The second-order valence-corrected chi connectivity index (χ2v) is 8.39. The van der Waals surface area contributed by atoms with Crippen LogP contribution in [0.15, 0.2) is 41.2 Å². The number of Topliss-reactive ketones (excluding diaryl/α,β-unsaturated/α-hetero) is 1. The van der Waals surface area contributed by atoms with Crippen molar-refractivity contribution in [2.45, 2.75) is 32.3 Å². The summed E-state index contributed by atoms with van der Waals surface area (Å²) in [5.41, 5.74) is 3.13. The molecule has 0 spiro atoms. The molecular formula is C23H24N4O4. The fourth-order valence-corrected chi connectivity index (χ4v) is 4.42. The lowest BCUT2D eigenvalue weighted by Crippen LogP contribution is -2.44. The predicted octanol–water partition coefficient (Wildman–Crippen LogP) is 3.27. The first kappa shape index (κ1) is 19.5. The molecule has 1 saturated heterocycles. The first-order valence-electron chi connectivity index (χ1n) is 10.5. The molecule has 0 N–H and O–H groups in total. The van der Waals surface area contributed by atoms with Crippen LogP contribution < -0.4 is 4.74 Å². The van der Waals surface area contributed by atoms with Gasteiger partial charge in [0.2, 0.25) is 5.76 Å². The maximum absolute atomic E-state index is 12.9. The average molecular weight is 420 g/mol. The Hall–Kier alpha value is -3.42. The number of rotatable bonds is 3. The van der Waals surface area contributed by atoms with E-state index < -0.39 is 0 Å². The SMILES string of the molecule is Cc1ccc2c(c1)C(=O)C[C@H](C1CCN(C(=O)c3cc(-c4cnn(C)c4)no3)CC1)O2. The maximum Gasteiger partial charge on any atom is 0.292 e. The van der Waals surface area contributed by atoms with Crippen LogP contribution in [0.25, 0.3) is 11.3 Å². The number of amides is 1. The quantitative estimate of drug-likeness (QED) is 0.646. The van der Waals surface area contributed by atoms with Gasteiger partial charge in [0.15, 0.2) is 5.78 Å². The molecular weight excluding hydrogens is 396 g/mol. The van der Waals surface area contributed by atoms with E-state index in [0.717, 1.165) is 24.0 Å². The summed E-state index contributed by atoms with van der Waals surface area (Å²) in [5, 5.41) is 8.12. The fraction of sp³-hybridized carbons (Fsp3) is 0.391. The van der Waals surface area contributed by atoms with Crippen molar-refractivity contribution < 1.29 is 18.8 Å². The van der Waals surface area contributed by atoms with Crippen LogP contribution in [-0.2, 0) is 7.05 Å². The molecule has 0 unspecified atom stereocenters. The Bertz CT molecular complexity index is 1140. The van der Waals surface area contributed by atoms with Crippen LogP contribution in [0.5, 0.6) is 5.75 Å². The number of ketones is 1. The number of carbonyl (C=O) groups is 2. The monoisotopic (exact) mass is 420 g/mol. The molecule has 4 heterocycles. The first-order chi connectivity index (χ1) is 15.0. The molecule has 31 heavy (non-hydrogen) atoms. The normalized spacial score (nSPS) is 19.2. The van der Waals surface area contributed by atoms with Crippen molar-refractivity contribution >= 4 is 11.7 Å². The van der Waals surface area contributed by atoms with Crippen molar-refractivity contribution in [1.82, 2.24) is 19.8 Å². The summed E-state index contributed by atoms with van der Waals surface area (Å²) in [5.74, 6) is 1.12. The summed E-state index contributed by atoms with van der Waals surface area (Å²) in [6.07, 6.45) is 5.34. The number of likely N-dealkylation sites (tertiary alicyclic amines) is 1. The van der Waals surface area contributed by atoms with Crippen molar-refractivity contribution in [2.24, 2.45) is 13.0 Å². The van der Waals surface area contributed by atoms with Crippen molar-refractivity contribution in [3.8, 4) is 17.0 Å². The van der Waals surface area contributed by atoms with Crippen molar-refractivity contribution in [3.63, 3.8) is 0 Å². The third kappa shape index (κ3) is 3.73. The zero-order chi connectivity index (χ0) is 21.5. The van der Waals surface area contributed by atoms with E-state index in [9.17, 15) is 9.59 Å². The van der Waals surface area contributed by atoms with E-state index in [-0.39, 0.29) is 29.5 Å². The van der Waals surface area contributed by atoms with Gasteiger partial charge in [-0.25, -0.2) is 0 Å². The van der Waals surface area contributed by atoms with E-state index in [1.54, 1.807) is 21.8 Å². The molecule has 8 heteroatoms. The molecule has 1 aromatic carbocycles. The Morgan fingerprint density at radius 1 is 1.19 bits per heavy atom. The highest BCUT2D eigenvalue weighted by molar-refractivity contribution is 6.00. The van der Waals surface area contributed by atoms with Crippen LogP contribution in [0.3, 0.4) is 0 Å². The largest absolute Gasteiger partial charge is 0.489 e. The highest BCUT2D eigenvalue weighted by Crippen LogP contribution is 2.34. The molecule has 0 radical (unpaired) electrons. The van der Waals surface area contributed by atoms with Crippen LogP contribution in [-0.4, -0.2) is 50.7 Å². The summed E-state index contributed by atoms with van der Waals surface area (Å²) in [4.78, 5) is 27.2. The van der Waals surface area contributed by atoms with E-state index in [2.05, 4.69) is 10.3 Å². The summed E-state index contributed by atoms with van der Waals surface area (Å²) < 4.78 is 13.1. The number of aromatic nitrogens is 3. The first-order valence-corrected chi connectivity index (χ1v) is 10.5. The number of hydrogen-bond donors (Lipinski definition) is 0. The van der Waals surface area contributed by atoms with Crippen LogP contribution >= 0.6 is 0 Å². The zero-order valence-corrected chi connectivity index (χ0v) is 17.6. The molecule has 160 valence electrons. The highest BCUT2D eigenvalue weighted by atomic mass is 16.5. The molecule has 1 atom stereocenters. The van der Waals surface area contributed by atoms with Crippen LogP contribution in [0.2, 0.25) is 0 Å². The van der Waals surface area contributed by atoms with Gasteiger partial charge >= 0.3 is 0 Å². The van der Waals surface area contributed by atoms with Gasteiger partial charge in [0.25, 0.3) is 5.91 Å². The van der Waals surface area contributed by atoms with Gasteiger partial charge in [0.05, 0.1) is 11.8 Å². The Morgan fingerprint density at radius 2 is 2.00 bits per heavy atom. The number of fused-ring (bicyclic) bond motifs is 1. The smallest absolute Gasteiger partial charge is 0.292 e. The highest BCUT2D eigenvalue weighted by Gasteiger charge is 2.35. The molecule has 1 amide bonds. The van der Waals surface area contributed by atoms with Crippen molar-refractivity contribution in [3.05, 3.63) is 53.5 Å². The number of ether oxygens (including phenoxy) is 1. The summed E-state index contributed by atoms with van der Waals surface area (Å²) >= 11 is 0. The molecule has 8 nitrogen and oxygen atoms in total. The van der Waals surface area contributed by atoms with Crippen LogP contribution in [0.1, 0.15) is 45.7 Å². The number of aryl methyl sites for hydroxylation is 2. The minimum Gasteiger partial charge on any atom is -0.489 e. The number of nitrogens with zero attached hydrogens (tertiary/aromatic N) is 4. The third-order valence-corrected chi connectivity index (χ3v) is 6.17. The lowest BCUT2D eigenvalue weighted by atomic mass is 9.85. The second kappa shape index (κ2) is 7.68. The van der Waals surface area contributed by atoms with E-state index in [1.807, 2.05) is 38.4 Å². The molecule has 0 bridgehead atoms.